The van der Waals surface area contributed by atoms with E-state index < -0.39 is 0 Å². The predicted octanol–water partition coefficient (Wildman–Crippen LogP) is 14.1. The maximum Gasteiger partial charge on any atom is -0.0149 e. The number of fused-ring (bicyclic) bond motifs is 1. The van der Waals surface area contributed by atoms with E-state index in [9.17, 15) is 0 Å². The molecule has 0 spiro atoms. The average molecular weight is 549 g/mol. The second kappa shape index (κ2) is 25.4. The molecule has 0 saturated heterocycles. The van der Waals surface area contributed by atoms with Gasteiger partial charge in [0.2, 0.25) is 0 Å². The molecule has 0 unspecified atom stereocenters. The standard InChI is InChI=1S/C40H68/c1-3-5-7-9-11-13-15-17-18-20-22-24-26-28-33-39-37(35-36-38-32-29-30-34-40(38)39)31-27-25-23-21-19-16-14-12-10-8-6-4-2/h29-30,32,34-36H,3-28,31,33H2,1-2H3. The highest BCUT2D eigenvalue weighted by Crippen LogP contribution is 2.26. The smallest absolute Gasteiger partial charge is 0.0149 e. The summed E-state index contributed by atoms with van der Waals surface area (Å²) in [6.45, 7) is 4.61. The van der Waals surface area contributed by atoms with E-state index in [0.29, 0.717) is 0 Å². The summed E-state index contributed by atoms with van der Waals surface area (Å²) in [7, 11) is 0. The molecule has 0 aliphatic carbocycles. The molecule has 2 aromatic carbocycles. The van der Waals surface area contributed by atoms with E-state index in [1.165, 1.54) is 191 Å². The molecular weight excluding hydrogens is 480 g/mol. The molecule has 0 heteroatoms. The molecule has 0 fully saturated rings. The Morgan fingerprint density at radius 1 is 0.350 bits per heavy atom. The normalized spacial score (nSPS) is 11.6. The lowest BCUT2D eigenvalue weighted by Gasteiger charge is -2.14. The number of hydrogen-bond donors (Lipinski definition) is 0. The highest BCUT2D eigenvalue weighted by molar-refractivity contribution is 5.86. The van der Waals surface area contributed by atoms with Crippen LogP contribution in [0.15, 0.2) is 36.4 Å². The van der Waals surface area contributed by atoms with E-state index in [1.807, 2.05) is 0 Å². The predicted molar refractivity (Wildman–Crippen MR) is 183 cm³/mol. The van der Waals surface area contributed by atoms with Crippen LogP contribution < -0.4 is 0 Å². The molecule has 0 saturated carbocycles. The topological polar surface area (TPSA) is 0 Å². The molecule has 40 heavy (non-hydrogen) atoms. The summed E-state index contributed by atoms with van der Waals surface area (Å²) in [6.07, 6.45) is 39.8. The lowest BCUT2D eigenvalue weighted by molar-refractivity contribution is 0.535. The number of benzene rings is 2. The van der Waals surface area contributed by atoms with Gasteiger partial charge in [-0.05, 0) is 47.6 Å². The Hall–Kier alpha value is -1.30. The molecule has 0 heterocycles. The third-order valence-corrected chi connectivity index (χ3v) is 9.22. The van der Waals surface area contributed by atoms with Crippen LogP contribution in [0.4, 0.5) is 0 Å². The van der Waals surface area contributed by atoms with Crippen molar-refractivity contribution >= 4 is 10.8 Å². The molecular formula is C40H68. The van der Waals surface area contributed by atoms with Crippen molar-refractivity contribution in [3.05, 3.63) is 47.5 Å². The third-order valence-electron chi connectivity index (χ3n) is 9.22. The molecule has 0 aliphatic heterocycles. The van der Waals surface area contributed by atoms with Crippen molar-refractivity contribution in [2.24, 2.45) is 0 Å². The Morgan fingerprint density at radius 2 is 0.725 bits per heavy atom. The van der Waals surface area contributed by atoms with Crippen LogP contribution in [-0.2, 0) is 12.8 Å². The summed E-state index contributed by atoms with van der Waals surface area (Å²) in [6, 6.07) is 14.0. The number of aryl methyl sites for hydroxylation is 2. The van der Waals surface area contributed by atoms with Crippen molar-refractivity contribution in [1.29, 1.82) is 0 Å². The average Bonchev–Trinajstić information content (AvgIpc) is 2.98. The van der Waals surface area contributed by atoms with Gasteiger partial charge in [0, 0.05) is 0 Å². The van der Waals surface area contributed by atoms with Crippen LogP contribution in [-0.4, -0.2) is 0 Å². The first-order valence-electron chi connectivity index (χ1n) is 18.4. The van der Waals surface area contributed by atoms with Crippen molar-refractivity contribution in [3.63, 3.8) is 0 Å². The Bertz CT molecular complexity index is 818. The molecule has 0 bridgehead atoms. The largest absolute Gasteiger partial charge is 0.0654 e. The van der Waals surface area contributed by atoms with Gasteiger partial charge in [-0.3, -0.25) is 0 Å². The number of hydrogen-bond acceptors (Lipinski definition) is 0. The van der Waals surface area contributed by atoms with Gasteiger partial charge in [-0.2, -0.15) is 0 Å². The molecule has 2 aromatic rings. The number of rotatable bonds is 28. The summed E-state index contributed by atoms with van der Waals surface area (Å²) in [5.74, 6) is 0. The molecule has 0 aliphatic rings. The van der Waals surface area contributed by atoms with E-state index in [1.54, 1.807) is 11.1 Å². The van der Waals surface area contributed by atoms with Crippen molar-refractivity contribution in [1.82, 2.24) is 0 Å². The fraction of sp³-hybridized carbons (Fsp3) is 0.750. The van der Waals surface area contributed by atoms with Gasteiger partial charge in [-0.15, -0.1) is 0 Å². The lowest BCUT2D eigenvalue weighted by atomic mass is 9.91. The maximum atomic E-state index is 2.46. The minimum Gasteiger partial charge on any atom is -0.0654 e. The fourth-order valence-electron chi connectivity index (χ4n) is 6.56. The molecule has 0 N–H and O–H groups in total. The monoisotopic (exact) mass is 549 g/mol. The Balaban J connectivity index is 1.58. The van der Waals surface area contributed by atoms with Crippen molar-refractivity contribution in [2.45, 2.75) is 194 Å². The van der Waals surface area contributed by atoms with Crippen LogP contribution in [0.2, 0.25) is 0 Å². The van der Waals surface area contributed by atoms with Crippen molar-refractivity contribution in [3.8, 4) is 0 Å². The molecule has 0 aromatic heterocycles. The van der Waals surface area contributed by atoms with E-state index in [0.717, 1.165) is 0 Å². The lowest BCUT2D eigenvalue weighted by Crippen LogP contribution is -1.97. The first kappa shape index (κ1) is 34.9. The summed E-state index contributed by atoms with van der Waals surface area (Å²) < 4.78 is 0. The maximum absolute atomic E-state index is 2.46. The van der Waals surface area contributed by atoms with Crippen LogP contribution in [0, 0.1) is 0 Å². The second-order valence-corrected chi connectivity index (χ2v) is 12.9. The summed E-state index contributed by atoms with van der Waals surface area (Å²) >= 11 is 0. The van der Waals surface area contributed by atoms with E-state index in [-0.39, 0.29) is 0 Å². The molecule has 0 amide bonds. The Labute approximate surface area is 251 Å². The van der Waals surface area contributed by atoms with Gasteiger partial charge in [0.25, 0.3) is 0 Å². The fourth-order valence-corrected chi connectivity index (χ4v) is 6.56. The SMILES string of the molecule is CCCCCCCCCCCCCCCCc1c(CCCCCCCCCCCCCC)ccc2ccccc12. The van der Waals surface area contributed by atoms with Gasteiger partial charge in [0.15, 0.2) is 0 Å². The Morgan fingerprint density at radius 3 is 1.18 bits per heavy atom. The third kappa shape index (κ3) is 16.8. The molecule has 0 radical (unpaired) electrons. The summed E-state index contributed by atoms with van der Waals surface area (Å²) in [5.41, 5.74) is 3.31. The minimum atomic E-state index is 1.27. The first-order chi connectivity index (χ1) is 19.9. The van der Waals surface area contributed by atoms with Crippen LogP contribution in [0.5, 0.6) is 0 Å². The van der Waals surface area contributed by atoms with Gasteiger partial charge in [-0.1, -0.05) is 204 Å². The van der Waals surface area contributed by atoms with Crippen molar-refractivity contribution < 1.29 is 0 Å². The number of unbranched alkanes of at least 4 members (excludes halogenated alkanes) is 24. The minimum absolute atomic E-state index is 1.27. The van der Waals surface area contributed by atoms with E-state index >= 15 is 0 Å². The van der Waals surface area contributed by atoms with E-state index in [2.05, 4.69) is 50.2 Å². The molecule has 0 atom stereocenters. The zero-order chi connectivity index (χ0) is 28.4. The van der Waals surface area contributed by atoms with Crippen LogP contribution >= 0.6 is 0 Å². The van der Waals surface area contributed by atoms with Gasteiger partial charge in [0.05, 0.1) is 0 Å². The van der Waals surface area contributed by atoms with E-state index in [4.69, 9.17) is 0 Å². The first-order valence-corrected chi connectivity index (χ1v) is 18.4. The summed E-state index contributed by atoms with van der Waals surface area (Å²) in [5, 5.41) is 2.95. The quantitative estimate of drug-likeness (QED) is 0.0927. The highest BCUT2D eigenvalue weighted by atomic mass is 14.1. The Kier molecular flexibility index (Phi) is 22.2. The zero-order valence-corrected chi connectivity index (χ0v) is 27.3. The van der Waals surface area contributed by atoms with Gasteiger partial charge in [0.1, 0.15) is 0 Å². The zero-order valence-electron chi connectivity index (χ0n) is 27.3. The molecule has 0 nitrogen and oxygen atoms in total. The van der Waals surface area contributed by atoms with Crippen LogP contribution in [0.25, 0.3) is 10.8 Å². The van der Waals surface area contributed by atoms with Gasteiger partial charge in [-0.25, -0.2) is 0 Å². The second-order valence-electron chi connectivity index (χ2n) is 12.9. The van der Waals surface area contributed by atoms with Crippen LogP contribution in [0.3, 0.4) is 0 Å². The molecule has 2 rings (SSSR count). The highest BCUT2D eigenvalue weighted by Gasteiger charge is 2.08. The van der Waals surface area contributed by atoms with Gasteiger partial charge >= 0.3 is 0 Å². The van der Waals surface area contributed by atoms with Crippen LogP contribution in [0.1, 0.15) is 192 Å². The van der Waals surface area contributed by atoms with Gasteiger partial charge < -0.3 is 0 Å². The van der Waals surface area contributed by atoms with Crippen molar-refractivity contribution in [2.75, 3.05) is 0 Å². The molecule has 228 valence electrons. The summed E-state index contributed by atoms with van der Waals surface area (Å²) in [4.78, 5) is 0.